The van der Waals surface area contributed by atoms with Crippen LogP contribution in [-0.4, -0.2) is 11.1 Å². The Balaban J connectivity index is 1.88. The van der Waals surface area contributed by atoms with Gasteiger partial charge < -0.3 is 15.7 Å². The fourth-order valence-corrected chi connectivity index (χ4v) is 1.79. The fraction of sp³-hybridized carbons (Fsp3) is 0.125. The predicted molar refractivity (Wildman–Crippen MR) is 79.4 cm³/mol. The maximum absolute atomic E-state index is 11.8. The number of nitrogens with zero attached hydrogens (tertiary/aromatic N) is 1. The second kappa shape index (κ2) is 7.08. The number of urea groups is 1. The van der Waals surface area contributed by atoms with Crippen molar-refractivity contribution >= 4 is 11.7 Å². The molecule has 2 rings (SSSR count). The molecule has 0 bridgehead atoms. The van der Waals surface area contributed by atoms with Crippen LogP contribution in [0.25, 0.3) is 0 Å². The van der Waals surface area contributed by atoms with E-state index in [4.69, 9.17) is 10.4 Å². The summed E-state index contributed by atoms with van der Waals surface area (Å²) in [6.45, 7) is 0.388. The van der Waals surface area contributed by atoms with Crippen molar-refractivity contribution in [2.45, 2.75) is 13.2 Å². The fourth-order valence-electron chi connectivity index (χ4n) is 1.79. The first-order chi connectivity index (χ1) is 10.2. The van der Waals surface area contributed by atoms with Gasteiger partial charge in [0.05, 0.1) is 18.2 Å². The minimum Gasteiger partial charge on any atom is -0.392 e. The zero-order chi connectivity index (χ0) is 15.1. The smallest absolute Gasteiger partial charge is 0.319 e. The SMILES string of the molecule is N#Cc1cccc(NC(=O)NCc2ccc(CO)cc2)c1. The molecule has 0 heterocycles. The normalized spacial score (nSPS) is 9.71. The Morgan fingerprint density at radius 1 is 1.14 bits per heavy atom. The molecule has 5 nitrogen and oxygen atoms in total. The molecule has 0 aliphatic heterocycles. The van der Waals surface area contributed by atoms with E-state index in [1.54, 1.807) is 24.3 Å². The lowest BCUT2D eigenvalue weighted by Crippen LogP contribution is -2.28. The number of aliphatic hydroxyl groups excluding tert-OH is 1. The molecular formula is C16H15N3O2. The van der Waals surface area contributed by atoms with E-state index in [2.05, 4.69) is 10.6 Å². The average molecular weight is 281 g/mol. The van der Waals surface area contributed by atoms with Crippen molar-refractivity contribution in [1.29, 1.82) is 5.26 Å². The number of rotatable bonds is 4. The summed E-state index contributed by atoms with van der Waals surface area (Å²) in [5.74, 6) is 0. The van der Waals surface area contributed by atoms with Crippen molar-refractivity contribution in [2.75, 3.05) is 5.32 Å². The zero-order valence-electron chi connectivity index (χ0n) is 11.3. The summed E-state index contributed by atoms with van der Waals surface area (Å²) in [6, 6.07) is 15.7. The summed E-state index contributed by atoms with van der Waals surface area (Å²) in [6.07, 6.45) is 0. The van der Waals surface area contributed by atoms with Crippen molar-refractivity contribution < 1.29 is 9.90 Å². The van der Waals surface area contributed by atoms with E-state index in [0.717, 1.165) is 11.1 Å². The molecule has 0 atom stereocenters. The van der Waals surface area contributed by atoms with E-state index in [1.807, 2.05) is 30.3 Å². The first-order valence-corrected chi connectivity index (χ1v) is 6.45. The Labute approximate surface area is 122 Å². The molecule has 21 heavy (non-hydrogen) atoms. The van der Waals surface area contributed by atoms with Gasteiger partial charge in [0, 0.05) is 12.2 Å². The van der Waals surface area contributed by atoms with Gasteiger partial charge in [0.1, 0.15) is 0 Å². The predicted octanol–water partition coefficient (Wildman–Crippen LogP) is 2.37. The maximum Gasteiger partial charge on any atom is 0.319 e. The lowest BCUT2D eigenvalue weighted by atomic mass is 10.1. The van der Waals surface area contributed by atoms with Crippen LogP contribution in [0.1, 0.15) is 16.7 Å². The molecule has 2 aromatic rings. The van der Waals surface area contributed by atoms with Gasteiger partial charge in [0.25, 0.3) is 0 Å². The van der Waals surface area contributed by atoms with Crippen molar-refractivity contribution in [2.24, 2.45) is 0 Å². The van der Waals surface area contributed by atoms with E-state index >= 15 is 0 Å². The Kier molecular flexibility index (Phi) is 4.91. The largest absolute Gasteiger partial charge is 0.392 e. The third kappa shape index (κ3) is 4.34. The number of carbonyl (C=O) groups is 1. The Bertz CT molecular complexity index is 660. The van der Waals surface area contributed by atoms with Gasteiger partial charge in [0.2, 0.25) is 0 Å². The lowest BCUT2D eigenvalue weighted by Gasteiger charge is -2.08. The summed E-state index contributed by atoms with van der Waals surface area (Å²) in [4.78, 5) is 11.8. The number of nitrogens with one attached hydrogen (secondary N) is 2. The van der Waals surface area contributed by atoms with Crippen molar-refractivity contribution in [1.82, 2.24) is 5.32 Å². The van der Waals surface area contributed by atoms with E-state index < -0.39 is 0 Å². The molecule has 0 fully saturated rings. The Morgan fingerprint density at radius 2 is 1.86 bits per heavy atom. The second-order valence-corrected chi connectivity index (χ2v) is 4.47. The molecule has 0 unspecified atom stereocenters. The summed E-state index contributed by atoms with van der Waals surface area (Å²) < 4.78 is 0. The van der Waals surface area contributed by atoms with E-state index in [0.29, 0.717) is 17.8 Å². The van der Waals surface area contributed by atoms with Crippen LogP contribution >= 0.6 is 0 Å². The van der Waals surface area contributed by atoms with Gasteiger partial charge in [-0.15, -0.1) is 0 Å². The van der Waals surface area contributed by atoms with Crippen molar-refractivity contribution in [3.63, 3.8) is 0 Å². The van der Waals surface area contributed by atoms with Gasteiger partial charge in [-0.2, -0.15) is 5.26 Å². The molecule has 0 aliphatic rings. The Morgan fingerprint density at radius 3 is 2.52 bits per heavy atom. The highest BCUT2D eigenvalue weighted by molar-refractivity contribution is 5.89. The third-order valence-corrected chi connectivity index (χ3v) is 2.91. The molecular weight excluding hydrogens is 266 g/mol. The van der Waals surface area contributed by atoms with Crippen molar-refractivity contribution in [3.05, 3.63) is 65.2 Å². The number of hydrogen-bond acceptors (Lipinski definition) is 3. The van der Waals surface area contributed by atoms with E-state index in [1.165, 1.54) is 0 Å². The van der Waals surface area contributed by atoms with Crippen LogP contribution in [0, 0.1) is 11.3 Å². The first-order valence-electron chi connectivity index (χ1n) is 6.45. The molecule has 2 aromatic carbocycles. The molecule has 0 aliphatic carbocycles. The van der Waals surface area contributed by atoms with Gasteiger partial charge in [-0.1, -0.05) is 30.3 Å². The van der Waals surface area contributed by atoms with Crippen LogP contribution in [-0.2, 0) is 13.2 Å². The molecule has 0 saturated carbocycles. The summed E-state index contributed by atoms with van der Waals surface area (Å²) in [5.41, 5.74) is 2.83. The molecule has 0 aromatic heterocycles. The van der Waals surface area contributed by atoms with Gasteiger partial charge in [-0.05, 0) is 29.3 Å². The number of aliphatic hydroxyl groups is 1. The zero-order valence-corrected chi connectivity index (χ0v) is 11.3. The average Bonchev–Trinajstić information content (AvgIpc) is 2.53. The van der Waals surface area contributed by atoms with Gasteiger partial charge >= 0.3 is 6.03 Å². The first kappa shape index (κ1) is 14.6. The monoisotopic (exact) mass is 281 g/mol. The molecule has 3 N–H and O–H groups in total. The van der Waals surface area contributed by atoms with E-state index in [9.17, 15) is 4.79 Å². The van der Waals surface area contributed by atoms with Crippen LogP contribution in [0.4, 0.5) is 10.5 Å². The topological polar surface area (TPSA) is 85.2 Å². The summed E-state index contributed by atoms with van der Waals surface area (Å²) in [7, 11) is 0. The highest BCUT2D eigenvalue weighted by atomic mass is 16.3. The second-order valence-electron chi connectivity index (χ2n) is 4.47. The Hall–Kier alpha value is -2.84. The third-order valence-electron chi connectivity index (χ3n) is 2.91. The number of amides is 2. The quantitative estimate of drug-likeness (QED) is 0.804. The highest BCUT2D eigenvalue weighted by Crippen LogP contribution is 2.09. The molecule has 0 radical (unpaired) electrons. The lowest BCUT2D eigenvalue weighted by molar-refractivity contribution is 0.251. The van der Waals surface area contributed by atoms with Gasteiger partial charge in [-0.25, -0.2) is 4.79 Å². The number of hydrogen-bond donors (Lipinski definition) is 3. The molecule has 5 heteroatoms. The minimum absolute atomic E-state index is 0.00340. The summed E-state index contributed by atoms with van der Waals surface area (Å²) in [5, 5.41) is 23.1. The highest BCUT2D eigenvalue weighted by Gasteiger charge is 2.02. The molecule has 0 saturated heterocycles. The maximum atomic E-state index is 11.8. The van der Waals surface area contributed by atoms with E-state index in [-0.39, 0.29) is 12.6 Å². The number of carbonyl (C=O) groups excluding carboxylic acids is 1. The van der Waals surface area contributed by atoms with Crippen LogP contribution < -0.4 is 10.6 Å². The standard InChI is InChI=1S/C16H15N3O2/c17-9-14-2-1-3-15(8-14)19-16(21)18-10-12-4-6-13(11-20)7-5-12/h1-8,20H,10-11H2,(H2,18,19,21). The number of anilines is 1. The molecule has 2 amide bonds. The van der Waals surface area contributed by atoms with Crippen LogP contribution in [0.15, 0.2) is 48.5 Å². The van der Waals surface area contributed by atoms with Gasteiger partial charge in [0.15, 0.2) is 0 Å². The number of benzene rings is 2. The van der Waals surface area contributed by atoms with Crippen LogP contribution in [0.3, 0.4) is 0 Å². The summed E-state index contributed by atoms with van der Waals surface area (Å²) >= 11 is 0. The molecule has 106 valence electrons. The minimum atomic E-state index is -0.337. The van der Waals surface area contributed by atoms with Crippen molar-refractivity contribution in [3.8, 4) is 6.07 Å². The van der Waals surface area contributed by atoms with Crippen LogP contribution in [0.5, 0.6) is 0 Å². The van der Waals surface area contributed by atoms with Gasteiger partial charge in [-0.3, -0.25) is 0 Å². The number of nitriles is 1. The molecule has 0 spiro atoms. The van der Waals surface area contributed by atoms with Crippen LogP contribution in [0.2, 0.25) is 0 Å².